The Labute approximate surface area is 193 Å². The smallest absolute Gasteiger partial charge is 0.276 e. The van der Waals surface area contributed by atoms with Crippen molar-refractivity contribution in [3.05, 3.63) is 62.6 Å². The molecule has 1 unspecified atom stereocenters. The summed E-state index contributed by atoms with van der Waals surface area (Å²) >= 11 is 0. The van der Waals surface area contributed by atoms with E-state index in [1.165, 1.54) is 30.0 Å². The SMILES string of the molecule is COc1c2n(cc(C(=O)NCc3c(F)cc(C)cc3F)c1=O)C[C@H]1O[C@@H]3CCC34C[C@H]4N1C2=O. The highest BCUT2D eigenvalue weighted by atomic mass is 19.1. The number of aromatic nitrogens is 1. The molecule has 1 spiro atoms. The standard InChI is InChI=1S/C24H23F2N3O5/c1-11-5-14(25)12(15(26)6-11)8-27-22(31)13-9-28-10-18-29(16-7-24(16)4-3-17(24)34-18)23(32)19(28)21(33-2)20(13)30/h5-6,9,16-18H,3-4,7-8,10H2,1-2H3,(H,27,31)/t16-,17-,18-,24?/m1/s1. The maximum Gasteiger partial charge on any atom is 0.276 e. The van der Waals surface area contributed by atoms with Gasteiger partial charge in [-0.25, -0.2) is 8.78 Å². The van der Waals surface area contributed by atoms with E-state index in [4.69, 9.17) is 9.47 Å². The number of hydrogen-bond donors (Lipinski definition) is 1. The van der Waals surface area contributed by atoms with Crippen molar-refractivity contribution >= 4 is 11.8 Å². The second kappa shape index (κ2) is 7.11. The van der Waals surface area contributed by atoms with Gasteiger partial charge in [0.15, 0.2) is 17.7 Å². The van der Waals surface area contributed by atoms with Crippen LogP contribution in [0, 0.1) is 24.0 Å². The maximum absolute atomic E-state index is 14.2. The summed E-state index contributed by atoms with van der Waals surface area (Å²) in [7, 11) is 1.27. The Hall–Kier alpha value is -3.27. The molecule has 2 amide bonds. The quantitative estimate of drug-likeness (QED) is 0.738. The number of ether oxygens (including phenoxy) is 2. The summed E-state index contributed by atoms with van der Waals surface area (Å²) in [5, 5.41) is 2.40. The minimum absolute atomic E-state index is 0.0578. The van der Waals surface area contributed by atoms with E-state index in [-0.39, 0.29) is 52.6 Å². The average molecular weight is 471 g/mol. The first-order valence-corrected chi connectivity index (χ1v) is 11.3. The Morgan fingerprint density at radius 2 is 2.03 bits per heavy atom. The van der Waals surface area contributed by atoms with Crippen LogP contribution < -0.4 is 15.5 Å². The van der Waals surface area contributed by atoms with Crippen LogP contribution in [0.25, 0.3) is 0 Å². The Kier molecular flexibility index (Phi) is 4.45. The predicted molar refractivity (Wildman–Crippen MR) is 114 cm³/mol. The van der Waals surface area contributed by atoms with Gasteiger partial charge in [0.05, 0.1) is 19.8 Å². The Bertz CT molecular complexity index is 1300. The lowest BCUT2D eigenvalue weighted by Gasteiger charge is -2.51. The number of rotatable bonds is 4. The van der Waals surface area contributed by atoms with Gasteiger partial charge in [-0.2, -0.15) is 0 Å². The fourth-order valence-corrected chi connectivity index (χ4v) is 5.79. The van der Waals surface area contributed by atoms with Crippen molar-refractivity contribution in [1.82, 2.24) is 14.8 Å². The van der Waals surface area contributed by atoms with Crippen molar-refractivity contribution in [2.75, 3.05) is 7.11 Å². The molecule has 2 aromatic rings. The third-order valence-electron chi connectivity index (χ3n) is 7.75. The van der Waals surface area contributed by atoms with Crippen LogP contribution in [0.5, 0.6) is 5.75 Å². The summed E-state index contributed by atoms with van der Waals surface area (Å²) < 4.78 is 41.3. The van der Waals surface area contributed by atoms with Gasteiger partial charge in [0, 0.05) is 29.8 Å². The molecule has 3 fully saturated rings. The van der Waals surface area contributed by atoms with Crippen molar-refractivity contribution in [2.45, 2.75) is 57.6 Å². The van der Waals surface area contributed by atoms with E-state index >= 15 is 0 Å². The number of benzene rings is 1. The molecule has 3 heterocycles. The normalized spacial score (nSPS) is 28.2. The zero-order valence-corrected chi connectivity index (χ0v) is 18.7. The van der Waals surface area contributed by atoms with Crippen LogP contribution in [-0.4, -0.2) is 46.8 Å². The molecule has 2 aliphatic carbocycles. The lowest BCUT2D eigenvalue weighted by atomic mass is 9.76. The van der Waals surface area contributed by atoms with Crippen LogP contribution in [0.2, 0.25) is 0 Å². The number of nitrogens with zero attached hydrogens (tertiary/aromatic N) is 2. The number of halogens is 2. The Morgan fingerprint density at radius 3 is 2.68 bits per heavy atom. The topological polar surface area (TPSA) is 89.9 Å². The molecule has 1 N–H and O–H groups in total. The molecule has 0 bridgehead atoms. The molecular formula is C24H23F2N3O5. The highest BCUT2D eigenvalue weighted by Gasteiger charge is 2.72. The number of aryl methyl sites for hydroxylation is 1. The van der Waals surface area contributed by atoms with Crippen molar-refractivity contribution in [3.8, 4) is 5.75 Å². The Morgan fingerprint density at radius 1 is 1.29 bits per heavy atom. The number of amides is 2. The predicted octanol–water partition coefficient (Wildman–Crippen LogP) is 2.11. The summed E-state index contributed by atoms with van der Waals surface area (Å²) in [4.78, 5) is 41.1. The van der Waals surface area contributed by atoms with Crippen LogP contribution in [0.4, 0.5) is 8.78 Å². The van der Waals surface area contributed by atoms with Gasteiger partial charge in [0.2, 0.25) is 5.43 Å². The van der Waals surface area contributed by atoms with Crippen LogP contribution in [-0.2, 0) is 17.8 Å². The van der Waals surface area contributed by atoms with Crippen molar-refractivity contribution < 1.29 is 27.8 Å². The van der Waals surface area contributed by atoms with Gasteiger partial charge in [0.1, 0.15) is 17.2 Å². The van der Waals surface area contributed by atoms with Gasteiger partial charge in [-0.1, -0.05) is 0 Å². The maximum atomic E-state index is 14.2. The zero-order valence-electron chi connectivity index (χ0n) is 18.7. The molecule has 4 aliphatic rings. The van der Waals surface area contributed by atoms with E-state index in [2.05, 4.69) is 5.32 Å². The number of carbonyl (C=O) groups excluding carboxylic acids is 2. The van der Waals surface area contributed by atoms with E-state index in [9.17, 15) is 23.2 Å². The van der Waals surface area contributed by atoms with Crippen molar-refractivity contribution in [3.63, 3.8) is 0 Å². The summed E-state index contributed by atoms with van der Waals surface area (Å²) in [5.41, 5.74) is -0.792. The monoisotopic (exact) mass is 471 g/mol. The minimum Gasteiger partial charge on any atom is -0.491 e. The second-order valence-corrected chi connectivity index (χ2v) is 9.58. The number of fused-ring (bicyclic) bond motifs is 3. The summed E-state index contributed by atoms with van der Waals surface area (Å²) in [6.07, 6.45) is 3.85. The first-order valence-electron chi connectivity index (χ1n) is 11.3. The van der Waals surface area contributed by atoms with Crippen molar-refractivity contribution in [1.29, 1.82) is 0 Å². The van der Waals surface area contributed by atoms with Crippen LogP contribution in [0.1, 0.15) is 51.2 Å². The first kappa shape index (κ1) is 21.3. The molecule has 8 nitrogen and oxygen atoms in total. The van der Waals surface area contributed by atoms with E-state index in [1.54, 1.807) is 11.8 Å². The van der Waals surface area contributed by atoms with E-state index < -0.39 is 35.7 Å². The summed E-state index contributed by atoms with van der Waals surface area (Å²) in [6.45, 7) is 1.37. The van der Waals surface area contributed by atoms with Gasteiger partial charge in [-0.05, 0) is 43.9 Å². The van der Waals surface area contributed by atoms with Gasteiger partial charge in [-0.15, -0.1) is 0 Å². The Balaban J connectivity index is 1.32. The highest BCUT2D eigenvalue weighted by molar-refractivity contribution is 5.99. The molecule has 0 radical (unpaired) electrons. The molecule has 4 atom stereocenters. The molecule has 34 heavy (non-hydrogen) atoms. The number of methoxy groups -OCH3 is 1. The number of carbonyl (C=O) groups is 2. The lowest BCUT2D eigenvalue weighted by molar-refractivity contribution is -0.196. The zero-order chi connectivity index (χ0) is 23.9. The summed E-state index contributed by atoms with van der Waals surface area (Å²) in [6, 6.07) is 2.44. The van der Waals surface area contributed by atoms with Crippen LogP contribution >= 0.6 is 0 Å². The largest absolute Gasteiger partial charge is 0.491 e. The second-order valence-electron chi connectivity index (χ2n) is 9.58. The molecule has 2 aliphatic heterocycles. The first-order chi connectivity index (χ1) is 16.2. The van der Waals surface area contributed by atoms with Gasteiger partial charge in [-0.3, -0.25) is 14.4 Å². The third kappa shape index (κ3) is 2.81. The van der Waals surface area contributed by atoms with E-state index in [0.29, 0.717) is 5.56 Å². The van der Waals surface area contributed by atoms with Gasteiger partial charge >= 0.3 is 0 Å². The molecule has 178 valence electrons. The third-order valence-corrected chi connectivity index (χ3v) is 7.75. The highest BCUT2D eigenvalue weighted by Crippen LogP contribution is 2.67. The van der Waals surface area contributed by atoms with Gasteiger partial charge in [0.25, 0.3) is 11.8 Å². The number of nitrogens with one attached hydrogen (secondary N) is 1. The molecule has 2 saturated carbocycles. The fraction of sp³-hybridized carbons (Fsp3) is 0.458. The molecule has 6 rings (SSSR count). The summed E-state index contributed by atoms with van der Waals surface area (Å²) in [5.74, 6) is -2.98. The molecule has 1 aromatic heterocycles. The lowest BCUT2D eigenvalue weighted by Crippen LogP contribution is -2.61. The number of hydrogen-bond acceptors (Lipinski definition) is 5. The van der Waals surface area contributed by atoms with E-state index in [0.717, 1.165) is 19.3 Å². The van der Waals surface area contributed by atoms with E-state index in [1.807, 2.05) is 0 Å². The molecule has 1 aromatic carbocycles. The average Bonchev–Trinajstić information content (AvgIpc) is 3.54. The fourth-order valence-electron chi connectivity index (χ4n) is 5.79. The molecule has 1 saturated heterocycles. The van der Waals surface area contributed by atoms with Gasteiger partial charge < -0.3 is 24.3 Å². The molecule has 10 heteroatoms. The number of pyridine rings is 1. The van der Waals surface area contributed by atoms with Crippen LogP contribution in [0.3, 0.4) is 0 Å². The minimum atomic E-state index is -0.822. The van der Waals surface area contributed by atoms with Crippen LogP contribution in [0.15, 0.2) is 23.1 Å². The van der Waals surface area contributed by atoms with Crippen molar-refractivity contribution in [2.24, 2.45) is 5.41 Å². The molecular weight excluding hydrogens is 448 g/mol.